The van der Waals surface area contributed by atoms with Crippen molar-refractivity contribution < 1.29 is 18.0 Å². The number of halogens is 4. The first-order chi connectivity index (χ1) is 12.1. The minimum atomic E-state index is -4.61. The van der Waals surface area contributed by atoms with Gasteiger partial charge in [-0.1, -0.05) is 11.6 Å². The monoisotopic (exact) mass is 382 g/mol. The first-order valence-electron chi connectivity index (χ1n) is 7.57. The van der Waals surface area contributed by atoms with Gasteiger partial charge in [0.15, 0.2) is 5.65 Å². The summed E-state index contributed by atoms with van der Waals surface area (Å²) in [6.07, 6.45) is -4.61. The quantitative estimate of drug-likeness (QED) is 0.709. The number of rotatable bonds is 2. The van der Waals surface area contributed by atoms with Gasteiger partial charge in [-0.05, 0) is 38.1 Å². The minimum absolute atomic E-state index is 0.00381. The van der Waals surface area contributed by atoms with Crippen molar-refractivity contribution in [1.29, 1.82) is 0 Å². The molecule has 136 valence electrons. The third kappa shape index (κ3) is 3.24. The lowest BCUT2D eigenvalue weighted by Gasteiger charge is -2.12. The van der Waals surface area contributed by atoms with Crippen LogP contribution in [0.5, 0.6) is 0 Å². The zero-order valence-electron chi connectivity index (χ0n) is 14.1. The van der Waals surface area contributed by atoms with Gasteiger partial charge in [0.1, 0.15) is 0 Å². The molecule has 0 aliphatic rings. The van der Waals surface area contributed by atoms with Gasteiger partial charge in [-0.15, -0.1) is 0 Å². The Kier molecular flexibility index (Phi) is 4.39. The average molecular weight is 383 g/mol. The van der Waals surface area contributed by atoms with Gasteiger partial charge in [0.25, 0.3) is 5.91 Å². The summed E-state index contributed by atoms with van der Waals surface area (Å²) in [6.45, 7) is 3.46. The standard InChI is InChI=1S/C17H14ClF3N4O/c1-8-6-11(14-9(2)24-25(3)15(14)22-8)16(26)23-10-4-5-13(18)12(7-10)17(19,20)21/h4-7H,1-3H3,(H,23,26). The number of aromatic nitrogens is 3. The maximum Gasteiger partial charge on any atom is 0.417 e. The molecule has 0 spiro atoms. The van der Waals surface area contributed by atoms with Gasteiger partial charge in [-0.25, -0.2) is 4.98 Å². The van der Waals surface area contributed by atoms with Gasteiger partial charge < -0.3 is 5.32 Å². The Bertz CT molecular complexity index is 1030. The Balaban J connectivity index is 2.03. The second-order valence-corrected chi connectivity index (χ2v) is 6.27. The van der Waals surface area contributed by atoms with Crippen LogP contribution in [-0.2, 0) is 13.2 Å². The summed E-state index contributed by atoms with van der Waals surface area (Å²) < 4.78 is 40.5. The lowest BCUT2D eigenvalue weighted by molar-refractivity contribution is -0.137. The molecule has 3 aromatic rings. The molecule has 0 bridgehead atoms. The highest BCUT2D eigenvalue weighted by Gasteiger charge is 2.33. The molecule has 5 nitrogen and oxygen atoms in total. The number of carbonyl (C=O) groups is 1. The number of carbonyl (C=O) groups excluding carboxylic acids is 1. The molecular formula is C17H14ClF3N4O. The largest absolute Gasteiger partial charge is 0.417 e. The first kappa shape index (κ1) is 18.2. The smallest absolute Gasteiger partial charge is 0.322 e. The number of hydrogen-bond donors (Lipinski definition) is 1. The molecule has 0 radical (unpaired) electrons. The van der Waals surface area contributed by atoms with Crippen LogP contribution < -0.4 is 5.32 Å². The highest BCUT2D eigenvalue weighted by Crippen LogP contribution is 2.36. The van der Waals surface area contributed by atoms with Crippen molar-refractivity contribution in [2.75, 3.05) is 5.32 Å². The van der Waals surface area contributed by atoms with Crippen molar-refractivity contribution in [3.63, 3.8) is 0 Å². The van der Waals surface area contributed by atoms with Crippen LogP contribution in [0.2, 0.25) is 5.02 Å². The van der Waals surface area contributed by atoms with Crippen LogP contribution in [0.25, 0.3) is 11.0 Å². The van der Waals surface area contributed by atoms with Gasteiger partial charge >= 0.3 is 6.18 Å². The van der Waals surface area contributed by atoms with Crippen LogP contribution in [-0.4, -0.2) is 20.7 Å². The Hall–Kier alpha value is -2.61. The molecule has 2 heterocycles. The lowest BCUT2D eigenvalue weighted by Crippen LogP contribution is -2.14. The predicted octanol–water partition coefficient (Wildman–Crippen LogP) is 4.51. The zero-order chi connectivity index (χ0) is 19.2. The molecule has 0 atom stereocenters. The molecule has 0 fully saturated rings. The van der Waals surface area contributed by atoms with E-state index in [0.717, 1.165) is 12.1 Å². The van der Waals surface area contributed by atoms with Crippen LogP contribution in [0, 0.1) is 13.8 Å². The van der Waals surface area contributed by atoms with Gasteiger partial charge in [-0.3, -0.25) is 9.48 Å². The van der Waals surface area contributed by atoms with Crippen molar-refractivity contribution in [3.8, 4) is 0 Å². The van der Waals surface area contributed by atoms with E-state index in [1.807, 2.05) is 0 Å². The number of nitrogens with one attached hydrogen (secondary N) is 1. The van der Waals surface area contributed by atoms with E-state index in [4.69, 9.17) is 11.6 Å². The molecule has 9 heteroatoms. The number of hydrogen-bond acceptors (Lipinski definition) is 3. The fourth-order valence-electron chi connectivity index (χ4n) is 2.77. The van der Waals surface area contributed by atoms with Crippen molar-refractivity contribution in [3.05, 3.63) is 51.8 Å². The lowest BCUT2D eigenvalue weighted by atomic mass is 10.1. The predicted molar refractivity (Wildman–Crippen MR) is 92.4 cm³/mol. The van der Waals surface area contributed by atoms with E-state index in [2.05, 4.69) is 15.4 Å². The van der Waals surface area contributed by atoms with Crippen LogP contribution >= 0.6 is 11.6 Å². The maximum atomic E-state index is 13.0. The topological polar surface area (TPSA) is 59.8 Å². The number of aryl methyl sites for hydroxylation is 3. The van der Waals surface area contributed by atoms with E-state index >= 15 is 0 Å². The third-order valence-corrected chi connectivity index (χ3v) is 4.20. The molecular weight excluding hydrogens is 369 g/mol. The van der Waals surface area contributed by atoms with Crippen LogP contribution in [0.15, 0.2) is 24.3 Å². The van der Waals surface area contributed by atoms with E-state index in [-0.39, 0.29) is 5.69 Å². The Morgan fingerprint density at radius 1 is 1.23 bits per heavy atom. The molecule has 0 saturated carbocycles. The van der Waals surface area contributed by atoms with Crippen LogP contribution in [0.3, 0.4) is 0 Å². The highest BCUT2D eigenvalue weighted by atomic mass is 35.5. The fourth-order valence-corrected chi connectivity index (χ4v) is 2.99. The van der Waals surface area contributed by atoms with Gasteiger partial charge in [0.2, 0.25) is 0 Å². The number of anilines is 1. The summed E-state index contributed by atoms with van der Waals surface area (Å²) in [5.74, 6) is -0.549. The summed E-state index contributed by atoms with van der Waals surface area (Å²) in [6, 6.07) is 4.80. The van der Waals surface area contributed by atoms with Crippen LogP contribution in [0.4, 0.5) is 18.9 Å². The van der Waals surface area contributed by atoms with Crippen molar-refractivity contribution in [1.82, 2.24) is 14.8 Å². The SMILES string of the molecule is Cc1cc(C(=O)Nc2ccc(Cl)c(C(F)(F)F)c2)c2c(C)nn(C)c2n1. The Morgan fingerprint density at radius 2 is 1.92 bits per heavy atom. The molecule has 0 saturated heterocycles. The zero-order valence-corrected chi connectivity index (χ0v) is 14.8. The van der Waals surface area contributed by atoms with E-state index in [9.17, 15) is 18.0 Å². The van der Waals surface area contributed by atoms with Crippen molar-refractivity contribution in [2.45, 2.75) is 20.0 Å². The minimum Gasteiger partial charge on any atom is -0.322 e. The number of benzene rings is 1. The van der Waals surface area contributed by atoms with Crippen molar-refractivity contribution in [2.24, 2.45) is 7.05 Å². The molecule has 2 aromatic heterocycles. The number of pyridine rings is 1. The molecule has 3 rings (SSSR count). The highest BCUT2D eigenvalue weighted by molar-refractivity contribution is 6.31. The van der Waals surface area contributed by atoms with E-state index in [1.165, 1.54) is 6.07 Å². The van der Waals surface area contributed by atoms with E-state index in [0.29, 0.717) is 28.0 Å². The average Bonchev–Trinajstić information content (AvgIpc) is 2.81. The molecule has 1 N–H and O–H groups in total. The molecule has 26 heavy (non-hydrogen) atoms. The van der Waals surface area contributed by atoms with Crippen LogP contribution in [0.1, 0.15) is 27.3 Å². The second-order valence-electron chi connectivity index (χ2n) is 5.87. The Morgan fingerprint density at radius 3 is 2.58 bits per heavy atom. The number of amides is 1. The molecule has 0 aliphatic heterocycles. The summed E-state index contributed by atoms with van der Waals surface area (Å²) in [7, 11) is 1.71. The van der Waals surface area contributed by atoms with Gasteiger partial charge in [-0.2, -0.15) is 18.3 Å². The normalized spacial score (nSPS) is 11.8. The first-order valence-corrected chi connectivity index (χ1v) is 7.95. The molecule has 1 amide bonds. The maximum absolute atomic E-state index is 13.0. The summed E-state index contributed by atoms with van der Waals surface area (Å²) in [5, 5.41) is 6.86. The van der Waals surface area contributed by atoms with E-state index < -0.39 is 22.7 Å². The Labute approximate surface area is 151 Å². The van der Waals surface area contributed by atoms with E-state index in [1.54, 1.807) is 31.6 Å². The molecule has 0 unspecified atom stereocenters. The molecule has 0 aliphatic carbocycles. The number of nitrogens with zero attached hydrogens (tertiary/aromatic N) is 3. The van der Waals surface area contributed by atoms with Gasteiger partial charge in [0, 0.05) is 18.4 Å². The summed E-state index contributed by atoms with van der Waals surface area (Å²) in [4.78, 5) is 17.1. The second kappa shape index (κ2) is 6.28. The number of alkyl halides is 3. The third-order valence-electron chi connectivity index (χ3n) is 3.87. The number of fused-ring (bicyclic) bond motifs is 1. The fraction of sp³-hybridized carbons (Fsp3) is 0.235. The van der Waals surface area contributed by atoms with Crippen molar-refractivity contribution >= 4 is 34.2 Å². The summed E-state index contributed by atoms with van der Waals surface area (Å²) in [5.41, 5.74) is 1.01. The summed E-state index contributed by atoms with van der Waals surface area (Å²) >= 11 is 5.60. The van der Waals surface area contributed by atoms with Gasteiger partial charge in [0.05, 0.1) is 27.2 Å². The molecule has 1 aromatic carbocycles.